The van der Waals surface area contributed by atoms with Gasteiger partial charge in [-0.05, 0) is 31.2 Å². The van der Waals surface area contributed by atoms with Gasteiger partial charge in [0, 0.05) is 11.1 Å². The molecule has 0 unspecified atom stereocenters. The summed E-state index contributed by atoms with van der Waals surface area (Å²) >= 11 is 0. The minimum atomic E-state index is 0.203. The molecule has 2 aliphatic rings. The second-order valence-corrected chi connectivity index (χ2v) is 6.35. The van der Waals surface area contributed by atoms with E-state index in [0.717, 1.165) is 5.92 Å². The zero-order chi connectivity index (χ0) is 12.1. The van der Waals surface area contributed by atoms with Gasteiger partial charge in [-0.15, -0.1) is 0 Å². The predicted octanol–water partition coefficient (Wildman–Crippen LogP) is 4.07. The van der Waals surface area contributed by atoms with Crippen molar-refractivity contribution in [2.24, 2.45) is 16.3 Å². The number of hydrogen-bond acceptors (Lipinski definition) is 1. The third-order valence-corrected chi connectivity index (χ3v) is 4.82. The molecule has 1 aromatic rings. The van der Waals surface area contributed by atoms with Crippen LogP contribution in [0, 0.1) is 11.3 Å². The Labute approximate surface area is 104 Å². The van der Waals surface area contributed by atoms with E-state index in [2.05, 4.69) is 51.1 Å². The lowest BCUT2D eigenvalue weighted by Gasteiger charge is -2.31. The van der Waals surface area contributed by atoms with Gasteiger partial charge in [0.15, 0.2) is 0 Å². The first kappa shape index (κ1) is 11.0. The average molecular weight is 227 g/mol. The molecule has 0 radical (unpaired) electrons. The van der Waals surface area contributed by atoms with Crippen molar-refractivity contribution >= 4 is 5.71 Å². The second-order valence-electron chi connectivity index (χ2n) is 6.35. The SMILES string of the molecule is CC1(C)C(c2ccccc2)=N[C@]2(C)CCC[C@@H]12. The monoisotopic (exact) mass is 227 g/mol. The number of aliphatic imine (C=N–C) groups is 1. The predicted molar refractivity (Wildman–Crippen MR) is 72.5 cm³/mol. The summed E-state index contributed by atoms with van der Waals surface area (Å²) < 4.78 is 0. The van der Waals surface area contributed by atoms with Crippen LogP contribution in [0.4, 0.5) is 0 Å². The van der Waals surface area contributed by atoms with Crippen LogP contribution in [0.15, 0.2) is 35.3 Å². The molecule has 0 spiro atoms. The molecule has 1 aliphatic heterocycles. The molecule has 17 heavy (non-hydrogen) atoms. The maximum absolute atomic E-state index is 5.12. The molecule has 1 saturated carbocycles. The van der Waals surface area contributed by atoms with Gasteiger partial charge in [0.1, 0.15) is 0 Å². The molecule has 1 aliphatic carbocycles. The fraction of sp³-hybridized carbons (Fsp3) is 0.562. The van der Waals surface area contributed by atoms with Crippen LogP contribution in [0.2, 0.25) is 0 Å². The summed E-state index contributed by atoms with van der Waals surface area (Å²) in [5, 5.41) is 0. The zero-order valence-electron chi connectivity index (χ0n) is 11.0. The molecule has 0 aromatic heterocycles. The average Bonchev–Trinajstić information content (AvgIpc) is 2.77. The maximum Gasteiger partial charge on any atom is 0.0620 e. The summed E-state index contributed by atoms with van der Waals surface area (Å²) in [5.74, 6) is 0.727. The number of rotatable bonds is 1. The molecule has 1 nitrogen and oxygen atoms in total. The Morgan fingerprint density at radius 2 is 1.82 bits per heavy atom. The van der Waals surface area contributed by atoms with Gasteiger partial charge in [0.05, 0.1) is 5.54 Å². The number of nitrogens with zero attached hydrogens (tertiary/aromatic N) is 1. The van der Waals surface area contributed by atoms with E-state index in [1.54, 1.807) is 0 Å². The van der Waals surface area contributed by atoms with E-state index in [1.165, 1.54) is 30.5 Å². The number of benzene rings is 1. The van der Waals surface area contributed by atoms with Crippen molar-refractivity contribution in [3.8, 4) is 0 Å². The van der Waals surface area contributed by atoms with Crippen LogP contribution in [-0.2, 0) is 0 Å². The Kier molecular flexibility index (Phi) is 2.23. The summed E-state index contributed by atoms with van der Waals surface area (Å²) in [6, 6.07) is 10.7. The van der Waals surface area contributed by atoms with E-state index in [4.69, 9.17) is 4.99 Å². The minimum absolute atomic E-state index is 0.203. The molecule has 1 heterocycles. The highest BCUT2D eigenvalue weighted by atomic mass is 15.0. The fourth-order valence-corrected chi connectivity index (χ4v) is 4.02. The highest BCUT2D eigenvalue weighted by molar-refractivity contribution is 6.06. The third-order valence-electron chi connectivity index (χ3n) is 4.82. The van der Waals surface area contributed by atoms with Gasteiger partial charge in [-0.25, -0.2) is 0 Å². The van der Waals surface area contributed by atoms with Crippen molar-refractivity contribution in [3.63, 3.8) is 0 Å². The lowest BCUT2D eigenvalue weighted by Crippen LogP contribution is -2.34. The normalized spacial score (nSPS) is 34.5. The summed E-state index contributed by atoms with van der Waals surface area (Å²) in [5.41, 5.74) is 3.07. The Bertz CT molecular complexity index is 458. The molecule has 1 fully saturated rings. The van der Waals surface area contributed by atoms with E-state index in [1.807, 2.05) is 0 Å². The topological polar surface area (TPSA) is 12.4 Å². The van der Waals surface area contributed by atoms with Gasteiger partial charge < -0.3 is 0 Å². The largest absolute Gasteiger partial charge is 0.282 e. The minimum Gasteiger partial charge on any atom is -0.282 e. The van der Waals surface area contributed by atoms with Crippen molar-refractivity contribution in [1.29, 1.82) is 0 Å². The van der Waals surface area contributed by atoms with Crippen LogP contribution in [0.3, 0.4) is 0 Å². The Morgan fingerprint density at radius 1 is 1.12 bits per heavy atom. The highest BCUT2D eigenvalue weighted by Gasteiger charge is 2.54. The summed E-state index contributed by atoms with van der Waals surface area (Å²) in [6.07, 6.45) is 3.94. The van der Waals surface area contributed by atoms with Gasteiger partial charge in [0.2, 0.25) is 0 Å². The van der Waals surface area contributed by atoms with Crippen molar-refractivity contribution < 1.29 is 0 Å². The van der Waals surface area contributed by atoms with E-state index in [0.29, 0.717) is 0 Å². The van der Waals surface area contributed by atoms with Crippen LogP contribution in [0.1, 0.15) is 45.6 Å². The van der Waals surface area contributed by atoms with Crippen LogP contribution in [-0.4, -0.2) is 11.3 Å². The van der Waals surface area contributed by atoms with Crippen LogP contribution < -0.4 is 0 Å². The third kappa shape index (κ3) is 1.48. The van der Waals surface area contributed by atoms with E-state index >= 15 is 0 Å². The van der Waals surface area contributed by atoms with Gasteiger partial charge in [-0.3, -0.25) is 4.99 Å². The lowest BCUT2D eigenvalue weighted by atomic mass is 9.70. The quantitative estimate of drug-likeness (QED) is 0.685. The molecule has 2 atom stereocenters. The van der Waals surface area contributed by atoms with Gasteiger partial charge >= 0.3 is 0 Å². The van der Waals surface area contributed by atoms with Crippen LogP contribution in [0.5, 0.6) is 0 Å². The maximum atomic E-state index is 5.12. The van der Waals surface area contributed by atoms with Gasteiger partial charge in [-0.1, -0.05) is 50.6 Å². The number of hydrogen-bond donors (Lipinski definition) is 0. The zero-order valence-corrected chi connectivity index (χ0v) is 11.0. The van der Waals surface area contributed by atoms with Crippen molar-refractivity contribution in [2.45, 2.75) is 45.6 Å². The summed E-state index contributed by atoms with van der Waals surface area (Å²) in [7, 11) is 0. The molecule has 0 saturated heterocycles. The Morgan fingerprint density at radius 3 is 2.47 bits per heavy atom. The van der Waals surface area contributed by atoms with Crippen LogP contribution in [0.25, 0.3) is 0 Å². The number of fused-ring (bicyclic) bond motifs is 1. The first-order valence-corrected chi connectivity index (χ1v) is 6.70. The molecular formula is C16H21N. The first-order valence-electron chi connectivity index (χ1n) is 6.70. The van der Waals surface area contributed by atoms with Crippen molar-refractivity contribution in [1.82, 2.24) is 0 Å². The van der Waals surface area contributed by atoms with E-state index < -0.39 is 0 Å². The molecule has 0 N–H and O–H groups in total. The highest BCUT2D eigenvalue weighted by Crippen LogP contribution is 2.54. The van der Waals surface area contributed by atoms with Gasteiger partial charge in [-0.2, -0.15) is 0 Å². The van der Waals surface area contributed by atoms with E-state index in [-0.39, 0.29) is 11.0 Å². The molecule has 1 aromatic carbocycles. The summed E-state index contributed by atoms with van der Waals surface area (Å²) in [4.78, 5) is 5.12. The van der Waals surface area contributed by atoms with E-state index in [9.17, 15) is 0 Å². The van der Waals surface area contributed by atoms with Crippen molar-refractivity contribution in [3.05, 3.63) is 35.9 Å². The molecule has 90 valence electrons. The molecule has 0 amide bonds. The van der Waals surface area contributed by atoms with Gasteiger partial charge in [0.25, 0.3) is 0 Å². The summed E-state index contributed by atoms with van der Waals surface area (Å²) in [6.45, 7) is 7.10. The Hall–Kier alpha value is -1.11. The molecule has 3 rings (SSSR count). The Balaban J connectivity index is 2.09. The first-order chi connectivity index (χ1) is 8.04. The molecule has 0 bridgehead atoms. The standard InChI is InChI=1S/C16H21N/c1-15(2)13-10-7-11-16(13,3)17-14(15)12-8-5-4-6-9-12/h4-6,8-9,13H,7,10-11H2,1-3H3/t13-,16+/m0/s1. The van der Waals surface area contributed by atoms with Crippen molar-refractivity contribution in [2.75, 3.05) is 0 Å². The smallest absolute Gasteiger partial charge is 0.0620 e. The second kappa shape index (κ2) is 3.44. The molecular weight excluding hydrogens is 206 g/mol. The lowest BCUT2D eigenvalue weighted by molar-refractivity contribution is 0.254. The van der Waals surface area contributed by atoms with Crippen LogP contribution >= 0.6 is 0 Å². The fourth-order valence-electron chi connectivity index (χ4n) is 4.02. The molecule has 1 heteroatoms.